The van der Waals surface area contributed by atoms with E-state index in [1.54, 1.807) is 0 Å². The van der Waals surface area contributed by atoms with Gasteiger partial charge in [-0.15, -0.1) is 0 Å². The fraction of sp³-hybridized carbons (Fsp3) is 1.00. The maximum absolute atomic E-state index is 2.49. The van der Waals surface area contributed by atoms with E-state index in [4.69, 9.17) is 0 Å². The molecule has 2 fully saturated rings. The zero-order valence-corrected chi connectivity index (χ0v) is 16.6. The zero-order valence-electron chi connectivity index (χ0n) is 16.6. The van der Waals surface area contributed by atoms with Crippen LogP contribution in [0.4, 0.5) is 0 Å². The summed E-state index contributed by atoms with van der Waals surface area (Å²) in [6.45, 7) is 21.9. The molecule has 0 aromatic carbocycles. The van der Waals surface area contributed by atoms with Crippen LogP contribution < -0.4 is 0 Å². The minimum absolute atomic E-state index is 0.477. The molecule has 2 heterocycles. The van der Waals surface area contributed by atoms with Crippen molar-refractivity contribution in [3.05, 3.63) is 0 Å². The lowest BCUT2D eigenvalue weighted by Gasteiger charge is -2.44. The van der Waals surface area contributed by atoms with Gasteiger partial charge >= 0.3 is 0 Å². The molecule has 2 aliphatic heterocycles. The molecular weight excluding hydrogens is 256 g/mol. The van der Waals surface area contributed by atoms with Crippen LogP contribution in [0.1, 0.15) is 68.2 Å². The van der Waals surface area contributed by atoms with E-state index in [0.29, 0.717) is 10.8 Å². The van der Waals surface area contributed by atoms with Gasteiger partial charge in [-0.25, -0.2) is 0 Å². The van der Waals surface area contributed by atoms with Crippen molar-refractivity contribution in [3.8, 4) is 0 Å². The highest BCUT2D eigenvalue weighted by atomic mass is 15.2. The molecule has 2 heteroatoms. The van der Waals surface area contributed by atoms with E-state index in [0.717, 1.165) is 12.0 Å². The highest BCUT2D eigenvalue weighted by Gasteiger charge is 2.33. The Hall–Kier alpha value is -0.0800. The molecule has 0 spiro atoms. The van der Waals surface area contributed by atoms with Gasteiger partial charge in [0.2, 0.25) is 0 Å². The van der Waals surface area contributed by atoms with Gasteiger partial charge in [-0.3, -0.25) is 0 Å². The minimum Gasteiger partial charge on any atom is -0.306 e. The van der Waals surface area contributed by atoms with Gasteiger partial charge in [0, 0.05) is 19.1 Å². The summed E-state index contributed by atoms with van der Waals surface area (Å²) in [5.41, 5.74) is 1.01. The van der Waals surface area contributed by atoms with Crippen molar-refractivity contribution >= 4 is 0 Å². The van der Waals surface area contributed by atoms with Crippen LogP contribution in [0.2, 0.25) is 0 Å². The number of rotatable bonds is 0. The highest BCUT2D eigenvalue weighted by Crippen LogP contribution is 2.32. The molecule has 2 aliphatic rings. The molecule has 0 amide bonds. The zero-order chi connectivity index (χ0) is 16.8. The minimum atomic E-state index is 0.477. The van der Waals surface area contributed by atoms with Crippen LogP contribution in [0.15, 0.2) is 0 Å². The quantitative estimate of drug-likeness (QED) is 0.637. The lowest BCUT2D eigenvalue weighted by molar-refractivity contribution is 0.0459. The first-order valence-electron chi connectivity index (χ1n) is 8.90. The van der Waals surface area contributed by atoms with Gasteiger partial charge < -0.3 is 9.80 Å². The average molecular weight is 299 g/mol. The second kappa shape index (κ2) is 8.53. The van der Waals surface area contributed by atoms with Crippen molar-refractivity contribution in [2.75, 3.05) is 33.7 Å². The van der Waals surface area contributed by atoms with Crippen molar-refractivity contribution in [3.63, 3.8) is 0 Å². The molecule has 0 radical (unpaired) electrons. The Bertz CT molecular complexity index is 266. The summed E-state index contributed by atoms with van der Waals surface area (Å²) in [6, 6.07) is 0.812. The molecule has 2 saturated heterocycles. The first kappa shape index (κ1) is 20.9. The first-order chi connectivity index (χ1) is 9.51. The van der Waals surface area contributed by atoms with Crippen molar-refractivity contribution in [1.82, 2.24) is 9.80 Å². The standard InChI is InChI=1S/C9H19N.C8H17N.C2H6/c1-9(2,3)8-6-5-7-10(8)4;1-8(2,3)7-5-9(4)6-7;1-2/h8H,5-7H2,1-4H3;7H,5-6H2,1-4H3;1-2H3. The Morgan fingerprint density at radius 1 is 0.810 bits per heavy atom. The van der Waals surface area contributed by atoms with Crippen LogP contribution in [0.25, 0.3) is 0 Å². The monoisotopic (exact) mass is 298 g/mol. The Morgan fingerprint density at radius 2 is 1.29 bits per heavy atom. The topological polar surface area (TPSA) is 6.48 Å². The van der Waals surface area contributed by atoms with Crippen molar-refractivity contribution in [1.29, 1.82) is 0 Å². The van der Waals surface area contributed by atoms with E-state index < -0.39 is 0 Å². The first-order valence-corrected chi connectivity index (χ1v) is 8.90. The summed E-state index contributed by atoms with van der Waals surface area (Å²) >= 11 is 0. The molecule has 0 saturated carbocycles. The smallest absolute Gasteiger partial charge is 0.0141 e. The molecule has 2 rings (SSSR count). The largest absolute Gasteiger partial charge is 0.306 e. The predicted octanol–water partition coefficient (Wildman–Crippen LogP) is 4.75. The van der Waals surface area contributed by atoms with Crippen LogP contribution in [0.3, 0.4) is 0 Å². The van der Waals surface area contributed by atoms with E-state index >= 15 is 0 Å². The maximum atomic E-state index is 2.49. The molecule has 0 aromatic heterocycles. The fourth-order valence-electron chi connectivity index (χ4n) is 3.25. The second-order valence-electron chi connectivity index (χ2n) is 8.79. The molecule has 0 aliphatic carbocycles. The third kappa shape index (κ3) is 7.15. The Balaban J connectivity index is 0.000000342. The van der Waals surface area contributed by atoms with Crippen LogP contribution in [-0.4, -0.2) is 49.6 Å². The van der Waals surface area contributed by atoms with Crippen molar-refractivity contribution in [2.24, 2.45) is 16.7 Å². The average Bonchev–Trinajstić information content (AvgIpc) is 2.73. The van der Waals surface area contributed by atoms with Gasteiger partial charge in [0.05, 0.1) is 0 Å². The van der Waals surface area contributed by atoms with E-state index in [1.807, 2.05) is 13.8 Å². The van der Waals surface area contributed by atoms with Crippen LogP contribution in [0.5, 0.6) is 0 Å². The van der Waals surface area contributed by atoms with Crippen LogP contribution in [-0.2, 0) is 0 Å². The molecule has 128 valence electrons. The predicted molar refractivity (Wildman–Crippen MR) is 96.9 cm³/mol. The van der Waals surface area contributed by atoms with Crippen molar-refractivity contribution < 1.29 is 0 Å². The lowest BCUT2D eigenvalue weighted by Crippen LogP contribution is -2.49. The summed E-state index contributed by atoms with van der Waals surface area (Å²) in [5.74, 6) is 0.933. The second-order valence-corrected chi connectivity index (χ2v) is 8.79. The molecule has 0 aromatic rings. The van der Waals surface area contributed by atoms with Gasteiger partial charge in [0.1, 0.15) is 0 Å². The Kier molecular flexibility index (Phi) is 8.49. The molecule has 2 nitrogen and oxygen atoms in total. The molecule has 0 N–H and O–H groups in total. The third-order valence-corrected chi connectivity index (χ3v) is 4.81. The number of likely N-dealkylation sites (tertiary alicyclic amines) is 2. The molecular formula is C19H42N2. The summed E-state index contributed by atoms with van der Waals surface area (Å²) in [6.07, 6.45) is 2.78. The van der Waals surface area contributed by atoms with Crippen molar-refractivity contribution in [2.45, 2.75) is 74.3 Å². The third-order valence-electron chi connectivity index (χ3n) is 4.81. The van der Waals surface area contributed by atoms with E-state index in [-0.39, 0.29) is 0 Å². The molecule has 1 unspecified atom stereocenters. The van der Waals surface area contributed by atoms with Gasteiger partial charge in [0.25, 0.3) is 0 Å². The van der Waals surface area contributed by atoms with Gasteiger partial charge in [-0.05, 0) is 50.2 Å². The van der Waals surface area contributed by atoms with E-state index in [1.165, 1.54) is 32.5 Å². The van der Waals surface area contributed by atoms with Crippen LogP contribution >= 0.6 is 0 Å². The molecule has 0 bridgehead atoms. The normalized spacial score (nSPS) is 24.6. The molecule has 21 heavy (non-hydrogen) atoms. The summed E-state index contributed by atoms with van der Waals surface area (Å²) in [7, 11) is 4.42. The fourth-order valence-corrected chi connectivity index (χ4v) is 3.25. The van der Waals surface area contributed by atoms with E-state index in [2.05, 4.69) is 65.4 Å². The lowest BCUT2D eigenvalue weighted by atomic mass is 9.76. The van der Waals surface area contributed by atoms with Crippen LogP contribution in [0, 0.1) is 16.7 Å². The summed E-state index contributed by atoms with van der Waals surface area (Å²) in [4.78, 5) is 4.86. The maximum Gasteiger partial charge on any atom is 0.0141 e. The summed E-state index contributed by atoms with van der Waals surface area (Å²) in [5, 5.41) is 0. The molecule has 1 atom stereocenters. The van der Waals surface area contributed by atoms with Gasteiger partial charge in [0.15, 0.2) is 0 Å². The number of nitrogens with zero attached hydrogens (tertiary/aromatic N) is 2. The Morgan fingerprint density at radius 3 is 1.43 bits per heavy atom. The summed E-state index contributed by atoms with van der Waals surface area (Å²) < 4.78 is 0. The van der Waals surface area contributed by atoms with Gasteiger partial charge in [-0.1, -0.05) is 55.4 Å². The number of hydrogen-bond donors (Lipinski definition) is 0. The van der Waals surface area contributed by atoms with Gasteiger partial charge in [-0.2, -0.15) is 0 Å². The Labute approximate surface area is 135 Å². The van der Waals surface area contributed by atoms with E-state index in [9.17, 15) is 0 Å². The SMILES string of the molecule is CC.CN1CC(C(C)(C)C)C1.CN1CCCC1C(C)(C)C. The highest BCUT2D eigenvalue weighted by molar-refractivity contribution is 4.86. The number of hydrogen-bond acceptors (Lipinski definition) is 2.